The van der Waals surface area contributed by atoms with Crippen molar-refractivity contribution in [3.05, 3.63) is 23.2 Å². The Kier molecular flexibility index (Phi) is 3.85. The van der Waals surface area contributed by atoms with Crippen molar-refractivity contribution in [3.63, 3.8) is 0 Å². The van der Waals surface area contributed by atoms with E-state index in [-0.39, 0.29) is 5.52 Å². The number of hydrogen-bond donors (Lipinski definition) is 0. The van der Waals surface area contributed by atoms with Gasteiger partial charge in [-0.05, 0) is 23.4 Å². The number of pyridine rings is 1. The van der Waals surface area contributed by atoms with Crippen molar-refractivity contribution in [2.24, 2.45) is 7.05 Å². The van der Waals surface area contributed by atoms with E-state index in [0.717, 1.165) is 28.6 Å². The predicted molar refractivity (Wildman–Crippen MR) is 81.0 cm³/mol. The highest BCUT2D eigenvalue weighted by molar-refractivity contribution is 7.99. The molecule has 3 heterocycles. The van der Waals surface area contributed by atoms with E-state index < -0.39 is 11.7 Å². The number of aromatic nitrogens is 4. The number of nitrogens with zero attached hydrogens (tertiary/aromatic N) is 4. The third kappa shape index (κ3) is 2.58. The molecule has 0 radical (unpaired) electrons. The van der Waals surface area contributed by atoms with Crippen molar-refractivity contribution in [3.8, 4) is 11.4 Å². The molecule has 0 aliphatic carbocycles. The molecule has 0 aromatic carbocycles. The average molecular weight is 344 g/mol. The normalized spacial score (nSPS) is 12.2. The van der Waals surface area contributed by atoms with Crippen molar-refractivity contribution >= 4 is 34.5 Å². The second kappa shape index (κ2) is 5.54. The van der Waals surface area contributed by atoms with Crippen LogP contribution in [-0.2, 0) is 13.2 Å². The second-order valence-electron chi connectivity index (χ2n) is 4.53. The van der Waals surface area contributed by atoms with Gasteiger partial charge in [0.25, 0.3) is 0 Å². The van der Waals surface area contributed by atoms with Gasteiger partial charge in [-0.3, -0.25) is 0 Å². The van der Waals surface area contributed by atoms with Gasteiger partial charge in [0.2, 0.25) is 0 Å². The molecular formula is C13H11F3N4S2. The number of aryl methyl sites for hydroxylation is 1. The lowest BCUT2D eigenvalue weighted by molar-refractivity contribution is -0.137. The van der Waals surface area contributed by atoms with Crippen molar-refractivity contribution in [2.45, 2.75) is 18.1 Å². The summed E-state index contributed by atoms with van der Waals surface area (Å²) in [6, 6.07) is 1.03. The fourth-order valence-electron chi connectivity index (χ4n) is 2.09. The average Bonchev–Trinajstić information content (AvgIpc) is 3.03. The third-order valence-corrected chi connectivity index (χ3v) is 4.71. The predicted octanol–water partition coefficient (Wildman–Crippen LogP) is 4.22. The first-order chi connectivity index (χ1) is 10.4. The Morgan fingerprint density at radius 2 is 2.14 bits per heavy atom. The Balaban J connectivity index is 2.15. The first-order valence-electron chi connectivity index (χ1n) is 6.39. The Labute approximate surface area is 132 Å². The Morgan fingerprint density at radius 1 is 1.36 bits per heavy atom. The molecule has 116 valence electrons. The van der Waals surface area contributed by atoms with Crippen LogP contribution in [0.2, 0.25) is 0 Å². The molecule has 3 rings (SSSR count). The van der Waals surface area contributed by atoms with Gasteiger partial charge in [-0.25, -0.2) is 9.97 Å². The highest BCUT2D eigenvalue weighted by atomic mass is 32.2. The van der Waals surface area contributed by atoms with Crippen LogP contribution in [0.3, 0.4) is 0 Å². The van der Waals surface area contributed by atoms with E-state index >= 15 is 0 Å². The molecule has 0 saturated carbocycles. The summed E-state index contributed by atoms with van der Waals surface area (Å²) in [4.78, 5) is 8.24. The van der Waals surface area contributed by atoms with Crippen molar-refractivity contribution in [2.75, 3.05) is 5.75 Å². The lowest BCUT2D eigenvalue weighted by Gasteiger charge is -2.05. The fraction of sp³-hybridized carbons (Fsp3) is 0.308. The number of hydrogen-bond acceptors (Lipinski definition) is 5. The molecule has 0 aliphatic rings. The van der Waals surface area contributed by atoms with E-state index in [0.29, 0.717) is 11.5 Å². The van der Waals surface area contributed by atoms with Gasteiger partial charge in [-0.15, -0.1) is 11.8 Å². The smallest absolute Gasteiger partial charge is 0.312 e. The molecule has 3 aromatic heterocycles. The molecule has 0 spiro atoms. The molecule has 0 atom stereocenters. The Bertz CT molecular complexity index is 822. The summed E-state index contributed by atoms with van der Waals surface area (Å²) in [6.45, 7) is 2.01. The standard InChI is InChI=1S/C13H11F3N4S2/c1-3-21-12-8(6-22-19-12)10-18-9-4-7(13(14,15)16)5-17-11(9)20(10)2/h4-6H,3H2,1-2H3. The number of rotatable bonds is 3. The maximum Gasteiger partial charge on any atom is 0.417 e. The minimum Gasteiger partial charge on any atom is -0.312 e. The zero-order valence-corrected chi connectivity index (χ0v) is 13.3. The minimum absolute atomic E-state index is 0.228. The summed E-state index contributed by atoms with van der Waals surface area (Å²) in [7, 11) is 1.74. The van der Waals surface area contributed by atoms with Gasteiger partial charge in [0.05, 0.1) is 11.1 Å². The summed E-state index contributed by atoms with van der Waals surface area (Å²) < 4.78 is 44.3. The molecule has 0 fully saturated rings. The lowest BCUT2D eigenvalue weighted by Crippen LogP contribution is -2.05. The minimum atomic E-state index is -4.42. The van der Waals surface area contributed by atoms with Gasteiger partial charge in [0.15, 0.2) is 5.65 Å². The zero-order valence-electron chi connectivity index (χ0n) is 11.7. The van der Waals surface area contributed by atoms with E-state index in [9.17, 15) is 13.2 Å². The van der Waals surface area contributed by atoms with Crippen LogP contribution in [-0.4, -0.2) is 24.7 Å². The summed E-state index contributed by atoms with van der Waals surface area (Å²) in [5.74, 6) is 1.43. The lowest BCUT2D eigenvalue weighted by atomic mass is 10.2. The van der Waals surface area contributed by atoms with Crippen molar-refractivity contribution in [1.82, 2.24) is 18.9 Å². The molecular weight excluding hydrogens is 333 g/mol. The molecule has 0 aliphatic heterocycles. The van der Waals surface area contributed by atoms with Gasteiger partial charge < -0.3 is 4.57 Å². The van der Waals surface area contributed by atoms with Crippen LogP contribution in [0.25, 0.3) is 22.6 Å². The molecule has 9 heteroatoms. The molecule has 0 amide bonds. The van der Waals surface area contributed by atoms with E-state index in [4.69, 9.17) is 0 Å². The topological polar surface area (TPSA) is 43.6 Å². The monoisotopic (exact) mass is 344 g/mol. The SMILES string of the molecule is CCSc1nscc1-c1nc2cc(C(F)(F)F)cnc2n1C. The highest BCUT2D eigenvalue weighted by Crippen LogP contribution is 2.34. The number of imidazole rings is 1. The van der Waals surface area contributed by atoms with Crippen LogP contribution in [0.1, 0.15) is 12.5 Å². The van der Waals surface area contributed by atoms with E-state index in [1.54, 1.807) is 23.4 Å². The molecule has 0 bridgehead atoms. The maximum absolute atomic E-state index is 12.8. The zero-order chi connectivity index (χ0) is 15.9. The van der Waals surface area contributed by atoms with Gasteiger partial charge in [0, 0.05) is 18.6 Å². The van der Waals surface area contributed by atoms with Crippen LogP contribution in [0, 0.1) is 0 Å². The van der Waals surface area contributed by atoms with E-state index in [1.165, 1.54) is 11.5 Å². The van der Waals surface area contributed by atoms with Gasteiger partial charge in [-0.1, -0.05) is 6.92 Å². The summed E-state index contributed by atoms with van der Waals surface area (Å²) in [5.41, 5.74) is 0.676. The Morgan fingerprint density at radius 3 is 2.82 bits per heavy atom. The van der Waals surface area contributed by atoms with Gasteiger partial charge in [0.1, 0.15) is 16.4 Å². The Hall–Kier alpha value is -1.61. The van der Waals surface area contributed by atoms with Crippen molar-refractivity contribution < 1.29 is 13.2 Å². The first-order valence-corrected chi connectivity index (χ1v) is 8.21. The molecule has 4 nitrogen and oxygen atoms in total. The number of halogens is 3. The number of alkyl halides is 3. The first kappa shape index (κ1) is 15.3. The highest BCUT2D eigenvalue weighted by Gasteiger charge is 2.31. The third-order valence-electron chi connectivity index (χ3n) is 3.09. The second-order valence-corrected chi connectivity index (χ2v) is 6.41. The quantitative estimate of drug-likeness (QED) is 0.667. The number of thioether (sulfide) groups is 1. The summed E-state index contributed by atoms with van der Waals surface area (Å²) in [6.07, 6.45) is -3.59. The molecule has 0 N–H and O–H groups in total. The van der Waals surface area contributed by atoms with Gasteiger partial charge >= 0.3 is 6.18 Å². The fourth-order valence-corrected chi connectivity index (χ4v) is 3.65. The van der Waals surface area contributed by atoms with Crippen molar-refractivity contribution in [1.29, 1.82) is 0 Å². The van der Waals surface area contributed by atoms with Crippen LogP contribution in [0.15, 0.2) is 22.7 Å². The van der Waals surface area contributed by atoms with Crippen LogP contribution >= 0.6 is 23.3 Å². The van der Waals surface area contributed by atoms with Crippen LogP contribution < -0.4 is 0 Å². The summed E-state index contributed by atoms with van der Waals surface area (Å²) >= 11 is 2.88. The molecule has 3 aromatic rings. The van der Waals surface area contributed by atoms with Crippen LogP contribution in [0.4, 0.5) is 13.2 Å². The molecule has 22 heavy (non-hydrogen) atoms. The van der Waals surface area contributed by atoms with E-state index in [2.05, 4.69) is 14.3 Å². The largest absolute Gasteiger partial charge is 0.417 e. The summed E-state index contributed by atoms with van der Waals surface area (Å²) in [5, 5.41) is 2.69. The van der Waals surface area contributed by atoms with E-state index in [1.807, 2.05) is 12.3 Å². The van der Waals surface area contributed by atoms with Gasteiger partial charge in [-0.2, -0.15) is 17.5 Å². The molecule has 0 unspecified atom stereocenters. The maximum atomic E-state index is 12.8. The van der Waals surface area contributed by atoms with Crippen LogP contribution in [0.5, 0.6) is 0 Å². The molecule has 0 saturated heterocycles. The number of fused-ring (bicyclic) bond motifs is 1.